The smallest absolute Gasteiger partial charge is 0.325 e. The Hall–Kier alpha value is -2.52. The zero-order valence-corrected chi connectivity index (χ0v) is 27.5. The third kappa shape index (κ3) is 5.57. The van der Waals surface area contributed by atoms with Gasteiger partial charge in [-0.05, 0) is 62.5 Å². The highest BCUT2D eigenvalue weighted by Gasteiger charge is 2.76. The van der Waals surface area contributed by atoms with Gasteiger partial charge in [0.25, 0.3) is 0 Å². The molecule has 8 atom stereocenters. The number of unbranched alkanes of at least 4 members (excludes halogenated alkanes) is 2. The molecule has 0 aromatic heterocycles. The zero-order valence-electron chi connectivity index (χ0n) is 26.7. The predicted octanol–water partition coefficient (Wildman–Crippen LogP) is 4.76. The second-order valence-electron chi connectivity index (χ2n) is 13.7. The summed E-state index contributed by atoms with van der Waals surface area (Å²) in [5.74, 6) is -3.05. The Morgan fingerprint density at radius 3 is 2.43 bits per heavy atom. The van der Waals surface area contributed by atoms with Crippen molar-refractivity contribution >= 4 is 41.0 Å². The molecule has 0 aromatic carbocycles. The fourth-order valence-corrected chi connectivity index (χ4v) is 9.37. The molecule has 0 radical (unpaired) electrons. The molecule has 4 aliphatic rings. The van der Waals surface area contributed by atoms with E-state index in [-0.39, 0.29) is 42.9 Å². The van der Waals surface area contributed by atoms with Crippen LogP contribution in [0.5, 0.6) is 0 Å². The molecule has 0 aliphatic heterocycles. The first-order chi connectivity index (χ1) is 20.7. The van der Waals surface area contributed by atoms with E-state index in [0.29, 0.717) is 38.5 Å². The monoisotopic (exact) mass is 633 g/mol. The fraction of sp³-hybridized carbons (Fsp3) is 0.735. The number of amides is 1. The second-order valence-corrected chi connectivity index (χ2v) is 14.3. The van der Waals surface area contributed by atoms with Crippen LogP contribution in [0.15, 0.2) is 23.8 Å². The number of carbonyl (C=O) groups excluding carboxylic acids is 5. The van der Waals surface area contributed by atoms with E-state index in [1.54, 1.807) is 6.08 Å². The quantitative estimate of drug-likeness (QED) is 0.232. The normalized spacial score (nSPS) is 37.2. The maximum atomic E-state index is 14.3. The molecular weight excluding hydrogens is 586 g/mol. The standard InChI is InChI=1S/C34H48ClNO8/c1-6-8-10-28(40)36-19-30(42)43-20-27(39)34(44-29(41)11-9-7-2)21(3)16-25-24-13-12-22-17-23(37)14-15-31(22,4)33(24,35)26(38)18-32(25,34)5/h14-15,17,21,24-26,38H,6-13,16,18-20H2,1-5H3,(H,36,40). The number of allylic oxidation sites excluding steroid dienone is 4. The van der Waals surface area contributed by atoms with Crippen molar-refractivity contribution in [2.24, 2.45) is 28.6 Å². The van der Waals surface area contributed by atoms with Crippen molar-refractivity contribution in [1.82, 2.24) is 5.32 Å². The lowest BCUT2D eigenvalue weighted by Gasteiger charge is -2.64. The van der Waals surface area contributed by atoms with E-state index in [0.717, 1.165) is 18.4 Å². The van der Waals surface area contributed by atoms with Crippen molar-refractivity contribution in [1.29, 1.82) is 0 Å². The molecule has 0 saturated heterocycles. The summed E-state index contributed by atoms with van der Waals surface area (Å²) < 4.78 is 11.6. The van der Waals surface area contributed by atoms with Gasteiger partial charge in [-0.15, -0.1) is 11.6 Å². The van der Waals surface area contributed by atoms with Crippen LogP contribution in [0.1, 0.15) is 98.8 Å². The second kappa shape index (κ2) is 13.1. The van der Waals surface area contributed by atoms with Gasteiger partial charge < -0.3 is 19.9 Å². The highest BCUT2D eigenvalue weighted by Crippen LogP contribution is 2.72. The number of carbonyl (C=O) groups is 5. The summed E-state index contributed by atoms with van der Waals surface area (Å²) in [5, 5.41) is 14.5. The molecule has 244 valence electrons. The first-order valence-corrected chi connectivity index (χ1v) is 16.6. The number of rotatable bonds is 12. The zero-order chi connectivity index (χ0) is 32.5. The lowest BCUT2D eigenvalue weighted by Crippen LogP contribution is -2.69. The Morgan fingerprint density at radius 2 is 1.75 bits per heavy atom. The molecule has 0 bridgehead atoms. The van der Waals surface area contributed by atoms with Gasteiger partial charge in [-0.1, -0.05) is 59.1 Å². The van der Waals surface area contributed by atoms with Crippen LogP contribution in [-0.4, -0.2) is 64.2 Å². The van der Waals surface area contributed by atoms with Gasteiger partial charge in [0.05, 0.1) is 11.0 Å². The Kier molecular flexibility index (Phi) is 10.2. The molecule has 8 unspecified atom stereocenters. The third-order valence-electron chi connectivity index (χ3n) is 11.2. The minimum atomic E-state index is -1.65. The van der Waals surface area contributed by atoms with Crippen LogP contribution in [-0.2, 0) is 33.4 Å². The number of nitrogens with one attached hydrogen (secondary N) is 1. The Balaban J connectivity index is 1.64. The summed E-state index contributed by atoms with van der Waals surface area (Å²) in [5.41, 5.74) is -2.52. The molecule has 3 saturated carbocycles. The molecule has 0 aromatic rings. The number of hydrogen-bond acceptors (Lipinski definition) is 8. The maximum absolute atomic E-state index is 14.3. The van der Waals surface area contributed by atoms with Gasteiger partial charge >= 0.3 is 11.9 Å². The van der Waals surface area contributed by atoms with Gasteiger partial charge in [-0.25, -0.2) is 0 Å². The van der Waals surface area contributed by atoms with Gasteiger partial charge in [-0.2, -0.15) is 0 Å². The van der Waals surface area contributed by atoms with Crippen molar-refractivity contribution in [2.45, 2.75) is 115 Å². The van der Waals surface area contributed by atoms with Crippen LogP contribution in [0, 0.1) is 28.6 Å². The summed E-state index contributed by atoms with van der Waals surface area (Å²) in [6.45, 7) is 8.67. The van der Waals surface area contributed by atoms with E-state index in [9.17, 15) is 29.1 Å². The van der Waals surface area contributed by atoms with E-state index < -0.39 is 57.7 Å². The van der Waals surface area contributed by atoms with Crippen LogP contribution in [0.25, 0.3) is 0 Å². The highest BCUT2D eigenvalue weighted by molar-refractivity contribution is 6.26. The summed E-state index contributed by atoms with van der Waals surface area (Å²) in [7, 11) is 0. The molecule has 44 heavy (non-hydrogen) atoms. The number of aliphatic hydroxyl groups is 1. The van der Waals surface area contributed by atoms with Gasteiger partial charge in [0.2, 0.25) is 11.7 Å². The molecule has 4 rings (SSSR count). The summed E-state index contributed by atoms with van der Waals surface area (Å²) >= 11 is 7.56. The molecule has 9 nitrogen and oxygen atoms in total. The van der Waals surface area contributed by atoms with E-state index in [2.05, 4.69) is 5.32 Å². The van der Waals surface area contributed by atoms with Gasteiger partial charge in [0, 0.05) is 29.6 Å². The Bertz CT molecular complexity index is 1250. The number of Topliss-reactive ketones (excluding diaryl/α,β-unsaturated/α-hetero) is 1. The molecule has 1 amide bonds. The average molecular weight is 634 g/mol. The molecule has 3 fully saturated rings. The SMILES string of the molecule is CCCCC(=O)NCC(=O)OCC(=O)C1(OC(=O)CCCC)C(C)CC2C3CCC4=CC(=O)C=CC4(C)C3(Cl)C(O)CC21C. The number of hydrogen-bond donors (Lipinski definition) is 2. The molecule has 4 aliphatic carbocycles. The Labute approximate surface area is 265 Å². The number of fused-ring (bicyclic) bond motifs is 5. The molecule has 0 spiro atoms. The van der Waals surface area contributed by atoms with E-state index >= 15 is 0 Å². The number of ketones is 2. The van der Waals surface area contributed by atoms with Gasteiger partial charge in [0.1, 0.15) is 6.54 Å². The van der Waals surface area contributed by atoms with Crippen LogP contribution in [0.3, 0.4) is 0 Å². The van der Waals surface area contributed by atoms with Crippen LogP contribution >= 0.6 is 11.6 Å². The number of halogens is 1. The van der Waals surface area contributed by atoms with Crippen molar-refractivity contribution < 1.29 is 38.6 Å². The Morgan fingerprint density at radius 1 is 1.07 bits per heavy atom. The first-order valence-electron chi connectivity index (χ1n) is 16.2. The minimum Gasteiger partial charge on any atom is -0.456 e. The highest BCUT2D eigenvalue weighted by atomic mass is 35.5. The van der Waals surface area contributed by atoms with Crippen molar-refractivity contribution in [3.05, 3.63) is 23.8 Å². The van der Waals surface area contributed by atoms with Crippen molar-refractivity contribution in [2.75, 3.05) is 13.2 Å². The fourth-order valence-electron chi connectivity index (χ4n) is 8.85. The van der Waals surface area contributed by atoms with Crippen LogP contribution in [0.4, 0.5) is 0 Å². The lowest BCUT2D eigenvalue weighted by atomic mass is 9.45. The average Bonchev–Trinajstić information content (AvgIpc) is 3.19. The largest absolute Gasteiger partial charge is 0.456 e. The molecule has 2 N–H and O–H groups in total. The maximum Gasteiger partial charge on any atom is 0.325 e. The van der Waals surface area contributed by atoms with E-state index in [4.69, 9.17) is 21.1 Å². The number of esters is 2. The molecular formula is C34H48ClNO8. The third-order valence-corrected chi connectivity index (χ3v) is 12.1. The number of alkyl halides is 1. The van der Waals surface area contributed by atoms with Crippen molar-refractivity contribution in [3.63, 3.8) is 0 Å². The predicted molar refractivity (Wildman–Crippen MR) is 164 cm³/mol. The summed E-state index contributed by atoms with van der Waals surface area (Å²) in [4.78, 5) is 63.1. The summed E-state index contributed by atoms with van der Waals surface area (Å²) in [6.07, 6.45) is 9.05. The minimum absolute atomic E-state index is 0.0842. The van der Waals surface area contributed by atoms with Crippen LogP contribution in [0.2, 0.25) is 0 Å². The van der Waals surface area contributed by atoms with E-state index in [1.807, 2.05) is 40.7 Å². The lowest BCUT2D eigenvalue weighted by molar-refractivity contribution is -0.203. The summed E-state index contributed by atoms with van der Waals surface area (Å²) in [6, 6.07) is 0. The number of ether oxygens (including phenoxy) is 2. The molecule has 10 heteroatoms. The number of aliphatic hydroxyl groups excluding tert-OH is 1. The van der Waals surface area contributed by atoms with Gasteiger partial charge in [0.15, 0.2) is 18.0 Å². The van der Waals surface area contributed by atoms with Gasteiger partial charge in [-0.3, -0.25) is 24.0 Å². The van der Waals surface area contributed by atoms with Crippen molar-refractivity contribution in [3.8, 4) is 0 Å². The molecule has 0 heterocycles. The topological polar surface area (TPSA) is 136 Å². The van der Waals surface area contributed by atoms with Crippen LogP contribution < -0.4 is 5.32 Å². The first kappa shape index (κ1) is 34.4. The van der Waals surface area contributed by atoms with E-state index in [1.165, 1.54) is 6.08 Å².